The van der Waals surface area contributed by atoms with Crippen LogP contribution in [0.15, 0.2) is 54.7 Å². The number of carbonyl (C=O) groups excluding carboxylic acids is 1. The topological polar surface area (TPSA) is 44.1 Å². The quantitative estimate of drug-likeness (QED) is 0.613. The molecule has 1 aromatic heterocycles. The average Bonchev–Trinajstić information content (AvgIpc) is 3.01. The Labute approximate surface area is 149 Å². The molecule has 0 fully saturated rings. The van der Waals surface area contributed by atoms with Crippen molar-refractivity contribution in [3.05, 3.63) is 70.5 Å². The number of aromatic nitrogens is 2. The molecule has 0 aliphatic carbocycles. The van der Waals surface area contributed by atoms with Crippen LogP contribution in [-0.2, 0) is 4.74 Å². The van der Waals surface area contributed by atoms with E-state index < -0.39 is 5.97 Å². The summed E-state index contributed by atoms with van der Waals surface area (Å²) in [6.07, 6.45) is 1.76. The van der Waals surface area contributed by atoms with Crippen molar-refractivity contribution in [2.24, 2.45) is 0 Å². The molecule has 3 rings (SSSR count). The smallest absolute Gasteiger partial charge is 0.359 e. The minimum absolute atomic E-state index is 0.245. The lowest BCUT2D eigenvalue weighted by Gasteiger charge is -2.04. The van der Waals surface area contributed by atoms with Crippen LogP contribution in [0.1, 0.15) is 17.4 Å². The summed E-state index contributed by atoms with van der Waals surface area (Å²) in [4.78, 5) is 12.3. The van der Waals surface area contributed by atoms with Crippen LogP contribution in [-0.4, -0.2) is 22.4 Å². The van der Waals surface area contributed by atoms with E-state index in [9.17, 15) is 4.79 Å². The molecule has 0 saturated heterocycles. The van der Waals surface area contributed by atoms with E-state index in [2.05, 4.69) is 5.10 Å². The normalized spacial score (nSPS) is 10.6. The molecule has 0 unspecified atom stereocenters. The van der Waals surface area contributed by atoms with Crippen LogP contribution in [0, 0.1) is 0 Å². The van der Waals surface area contributed by atoms with Crippen molar-refractivity contribution in [3.63, 3.8) is 0 Å². The number of halogens is 2. The van der Waals surface area contributed by atoms with E-state index in [1.165, 1.54) is 0 Å². The standard InChI is InChI=1S/C18H14Cl2N2O2/c1-2-24-18(23)17-14(12-6-4-3-5-7-12)11-22(21-17)16-9-8-13(19)10-15(16)20/h3-11H,2H2,1H3. The van der Waals surface area contributed by atoms with E-state index >= 15 is 0 Å². The van der Waals surface area contributed by atoms with Gasteiger partial charge >= 0.3 is 5.97 Å². The minimum atomic E-state index is -0.472. The highest BCUT2D eigenvalue weighted by molar-refractivity contribution is 6.35. The fraction of sp³-hybridized carbons (Fsp3) is 0.111. The van der Waals surface area contributed by atoms with Crippen molar-refractivity contribution >= 4 is 29.2 Å². The number of nitrogens with zero attached hydrogens (tertiary/aromatic N) is 2. The highest BCUT2D eigenvalue weighted by Crippen LogP contribution is 2.28. The van der Waals surface area contributed by atoms with Gasteiger partial charge in [-0.2, -0.15) is 5.10 Å². The lowest BCUT2D eigenvalue weighted by molar-refractivity contribution is 0.0520. The molecular formula is C18H14Cl2N2O2. The molecule has 1 heterocycles. The van der Waals surface area contributed by atoms with Crippen molar-refractivity contribution in [2.45, 2.75) is 6.92 Å². The van der Waals surface area contributed by atoms with Gasteiger partial charge in [0.25, 0.3) is 0 Å². The first-order valence-corrected chi connectivity index (χ1v) is 8.13. The Morgan fingerprint density at radius 1 is 1.17 bits per heavy atom. The summed E-state index contributed by atoms with van der Waals surface area (Å²) in [7, 11) is 0. The molecule has 0 N–H and O–H groups in total. The Balaban J connectivity index is 2.14. The number of rotatable bonds is 4. The largest absolute Gasteiger partial charge is 0.461 e. The van der Waals surface area contributed by atoms with Gasteiger partial charge < -0.3 is 4.74 Å². The lowest BCUT2D eigenvalue weighted by Crippen LogP contribution is -2.08. The van der Waals surface area contributed by atoms with Gasteiger partial charge in [-0.15, -0.1) is 0 Å². The van der Waals surface area contributed by atoms with Crippen LogP contribution in [0.2, 0.25) is 10.0 Å². The van der Waals surface area contributed by atoms with Crippen molar-refractivity contribution < 1.29 is 9.53 Å². The van der Waals surface area contributed by atoms with Gasteiger partial charge in [0.1, 0.15) is 0 Å². The molecule has 0 saturated carbocycles. The average molecular weight is 361 g/mol. The first-order chi connectivity index (χ1) is 11.6. The van der Waals surface area contributed by atoms with Gasteiger partial charge in [-0.05, 0) is 30.7 Å². The highest BCUT2D eigenvalue weighted by atomic mass is 35.5. The van der Waals surface area contributed by atoms with E-state index in [-0.39, 0.29) is 12.3 Å². The highest BCUT2D eigenvalue weighted by Gasteiger charge is 2.20. The number of hydrogen-bond acceptors (Lipinski definition) is 3. The van der Waals surface area contributed by atoms with Crippen LogP contribution in [0.5, 0.6) is 0 Å². The Morgan fingerprint density at radius 2 is 1.92 bits per heavy atom. The zero-order valence-electron chi connectivity index (χ0n) is 12.9. The fourth-order valence-electron chi connectivity index (χ4n) is 2.34. The molecule has 122 valence electrons. The second-order valence-corrected chi connectivity index (χ2v) is 5.86. The predicted octanol–water partition coefficient (Wildman–Crippen LogP) is 5.02. The van der Waals surface area contributed by atoms with Crippen LogP contribution >= 0.6 is 23.2 Å². The summed E-state index contributed by atoms with van der Waals surface area (Å²) in [5, 5.41) is 5.36. The monoisotopic (exact) mass is 360 g/mol. The van der Waals surface area contributed by atoms with Crippen LogP contribution in [0.4, 0.5) is 0 Å². The van der Waals surface area contributed by atoms with Gasteiger partial charge in [-0.1, -0.05) is 53.5 Å². The SMILES string of the molecule is CCOC(=O)c1nn(-c2ccc(Cl)cc2Cl)cc1-c1ccccc1. The summed E-state index contributed by atoms with van der Waals surface area (Å²) < 4.78 is 6.68. The predicted molar refractivity (Wildman–Crippen MR) is 95.0 cm³/mol. The minimum Gasteiger partial charge on any atom is -0.461 e. The third kappa shape index (κ3) is 3.30. The Kier molecular flexibility index (Phi) is 4.88. The number of ether oxygens (including phenoxy) is 1. The maximum Gasteiger partial charge on any atom is 0.359 e. The van der Waals surface area contributed by atoms with Gasteiger partial charge in [0.05, 0.1) is 17.3 Å². The molecule has 0 spiro atoms. The second-order valence-electron chi connectivity index (χ2n) is 5.02. The summed E-state index contributed by atoms with van der Waals surface area (Å²) in [5.74, 6) is -0.472. The van der Waals surface area contributed by atoms with Gasteiger partial charge in [-0.3, -0.25) is 0 Å². The summed E-state index contributed by atoms with van der Waals surface area (Å²) in [6.45, 7) is 2.04. The summed E-state index contributed by atoms with van der Waals surface area (Å²) in [5.41, 5.74) is 2.43. The van der Waals surface area contributed by atoms with Crippen LogP contribution in [0.25, 0.3) is 16.8 Å². The molecule has 4 nitrogen and oxygen atoms in total. The summed E-state index contributed by atoms with van der Waals surface area (Å²) in [6, 6.07) is 14.6. The molecule has 0 amide bonds. The Morgan fingerprint density at radius 3 is 2.58 bits per heavy atom. The fourth-order valence-corrected chi connectivity index (χ4v) is 2.84. The van der Waals surface area contributed by atoms with Crippen molar-refractivity contribution in [1.82, 2.24) is 9.78 Å². The van der Waals surface area contributed by atoms with Crippen molar-refractivity contribution in [1.29, 1.82) is 0 Å². The van der Waals surface area contributed by atoms with Gasteiger partial charge in [0, 0.05) is 16.8 Å². The van der Waals surface area contributed by atoms with Crippen molar-refractivity contribution in [2.75, 3.05) is 6.61 Å². The maximum atomic E-state index is 12.3. The molecule has 0 aliphatic heterocycles. The lowest BCUT2D eigenvalue weighted by atomic mass is 10.1. The van der Waals surface area contributed by atoms with Gasteiger partial charge in [0.15, 0.2) is 5.69 Å². The zero-order valence-corrected chi connectivity index (χ0v) is 14.4. The second kappa shape index (κ2) is 7.07. The van der Waals surface area contributed by atoms with Crippen LogP contribution < -0.4 is 0 Å². The number of benzene rings is 2. The number of hydrogen-bond donors (Lipinski definition) is 0. The maximum absolute atomic E-state index is 12.3. The molecular weight excluding hydrogens is 347 g/mol. The first kappa shape index (κ1) is 16.6. The van der Waals surface area contributed by atoms with E-state index in [0.717, 1.165) is 5.56 Å². The molecule has 0 radical (unpaired) electrons. The van der Waals surface area contributed by atoms with Crippen molar-refractivity contribution in [3.8, 4) is 16.8 Å². The first-order valence-electron chi connectivity index (χ1n) is 7.37. The molecule has 24 heavy (non-hydrogen) atoms. The molecule has 6 heteroatoms. The molecule has 2 aromatic carbocycles. The van der Waals surface area contributed by atoms with Crippen LogP contribution in [0.3, 0.4) is 0 Å². The molecule has 3 aromatic rings. The van der Waals surface area contributed by atoms with Gasteiger partial charge in [0.2, 0.25) is 0 Å². The number of carbonyl (C=O) groups is 1. The Bertz CT molecular complexity index is 876. The zero-order chi connectivity index (χ0) is 17.1. The van der Waals surface area contributed by atoms with E-state index in [0.29, 0.717) is 21.3 Å². The van der Waals surface area contributed by atoms with Gasteiger partial charge in [-0.25, -0.2) is 9.48 Å². The third-order valence-corrected chi connectivity index (χ3v) is 3.96. The third-order valence-electron chi connectivity index (χ3n) is 3.42. The number of esters is 1. The van der Waals surface area contributed by atoms with E-state index in [1.807, 2.05) is 30.3 Å². The van der Waals surface area contributed by atoms with E-state index in [4.69, 9.17) is 27.9 Å². The molecule has 0 bridgehead atoms. The Hall–Kier alpha value is -2.30. The van der Waals surface area contributed by atoms with E-state index in [1.54, 1.807) is 36.0 Å². The summed E-state index contributed by atoms with van der Waals surface area (Å²) >= 11 is 12.2. The molecule has 0 atom stereocenters. The molecule has 0 aliphatic rings.